The fourth-order valence-corrected chi connectivity index (χ4v) is 9.67. The maximum atomic E-state index is 6.60. The molecule has 13 rings (SSSR count). The van der Waals surface area contributed by atoms with Crippen molar-refractivity contribution < 1.29 is 8.83 Å². The van der Waals surface area contributed by atoms with Gasteiger partial charge >= 0.3 is 0 Å². The van der Waals surface area contributed by atoms with E-state index in [4.69, 9.17) is 8.83 Å². The highest BCUT2D eigenvalue weighted by Gasteiger charge is 2.21. The molecule has 2 aromatic heterocycles. The Morgan fingerprint density at radius 2 is 0.621 bits per heavy atom. The Hall–Kier alpha value is -7.68. The van der Waals surface area contributed by atoms with Crippen molar-refractivity contribution in [3.63, 3.8) is 0 Å². The Morgan fingerprint density at radius 3 is 1.22 bits per heavy atom. The normalized spacial score (nSPS) is 12.1. The van der Waals surface area contributed by atoms with Crippen LogP contribution < -0.4 is 0 Å². The van der Waals surface area contributed by atoms with Crippen LogP contribution in [-0.4, -0.2) is 0 Å². The second kappa shape index (κ2) is 11.9. The minimum Gasteiger partial charge on any atom is -0.455 e. The van der Waals surface area contributed by atoms with Crippen LogP contribution in [0.2, 0.25) is 0 Å². The SMILES string of the molecule is c1ccc2cc(-c3ccc4c(-c5ccc6oc7c8ccccc8ccc7c6c5)c5ccccc5c(-c5ccc6oc7c8ccccc8ccc7c6c5)c4c3)ccc2c1. The van der Waals surface area contributed by atoms with Gasteiger partial charge in [0.15, 0.2) is 0 Å². The van der Waals surface area contributed by atoms with E-state index in [1.807, 2.05) is 0 Å². The van der Waals surface area contributed by atoms with Gasteiger partial charge in [-0.25, -0.2) is 0 Å². The molecule has 0 spiro atoms. The van der Waals surface area contributed by atoms with Gasteiger partial charge < -0.3 is 8.83 Å². The molecule has 2 heteroatoms. The van der Waals surface area contributed by atoms with Gasteiger partial charge in [-0.1, -0.05) is 146 Å². The number of furan rings is 2. The molecule has 2 heterocycles. The molecule has 0 bridgehead atoms. The van der Waals surface area contributed by atoms with E-state index in [0.717, 1.165) is 65.8 Å². The highest BCUT2D eigenvalue weighted by molar-refractivity contribution is 6.24. The van der Waals surface area contributed by atoms with E-state index in [0.29, 0.717) is 0 Å². The van der Waals surface area contributed by atoms with E-state index >= 15 is 0 Å². The molecule has 0 amide bonds. The van der Waals surface area contributed by atoms with Gasteiger partial charge in [0.1, 0.15) is 22.3 Å². The molecule has 0 unspecified atom stereocenters. The van der Waals surface area contributed by atoms with Gasteiger partial charge in [0.25, 0.3) is 0 Å². The zero-order valence-electron chi connectivity index (χ0n) is 31.3. The first-order valence-electron chi connectivity index (χ1n) is 19.9. The summed E-state index contributed by atoms with van der Waals surface area (Å²) >= 11 is 0. The van der Waals surface area contributed by atoms with Crippen LogP contribution in [-0.2, 0) is 0 Å². The summed E-state index contributed by atoms with van der Waals surface area (Å²) in [6, 6.07) is 70.6. The first kappa shape index (κ1) is 31.5. The van der Waals surface area contributed by atoms with Crippen LogP contribution in [0.15, 0.2) is 203 Å². The van der Waals surface area contributed by atoms with Crippen molar-refractivity contribution in [2.24, 2.45) is 0 Å². The molecule has 268 valence electrons. The fraction of sp³-hybridized carbons (Fsp3) is 0. The predicted molar refractivity (Wildman–Crippen MR) is 245 cm³/mol. The molecule has 0 atom stereocenters. The van der Waals surface area contributed by atoms with Crippen molar-refractivity contribution in [3.8, 4) is 33.4 Å². The Labute approximate surface area is 332 Å². The van der Waals surface area contributed by atoms with Crippen LogP contribution in [0.1, 0.15) is 0 Å². The quantitative estimate of drug-likeness (QED) is 0.169. The summed E-state index contributed by atoms with van der Waals surface area (Å²) in [5.74, 6) is 0. The van der Waals surface area contributed by atoms with Gasteiger partial charge in [-0.3, -0.25) is 0 Å². The molecule has 13 aromatic rings. The first-order chi connectivity index (χ1) is 28.7. The molecule has 2 nitrogen and oxygen atoms in total. The monoisotopic (exact) mass is 736 g/mol. The van der Waals surface area contributed by atoms with Crippen molar-refractivity contribution in [1.82, 2.24) is 0 Å². The highest BCUT2D eigenvalue weighted by atomic mass is 16.3. The number of benzene rings is 11. The third-order valence-corrected chi connectivity index (χ3v) is 12.4. The average Bonchev–Trinajstić information content (AvgIpc) is 3.86. The van der Waals surface area contributed by atoms with Crippen LogP contribution in [0.25, 0.3) is 131 Å². The summed E-state index contributed by atoms with van der Waals surface area (Å²) in [7, 11) is 0. The third kappa shape index (κ3) is 4.54. The van der Waals surface area contributed by atoms with Crippen LogP contribution in [0, 0.1) is 0 Å². The molecule has 0 N–H and O–H groups in total. The molecule has 58 heavy (non-hydrogen) atoms. The van der Waals surface area contributed by atoms with Gasteiger partial charge in [-0.2, -0.15) is 0 Å². The molecule has 0 saturated heterocycles. The molecule has 0 aliphatic carbocycles. The lowest BCUT2D eigenvalue weighted by atomic mass is 9.84. The first-order valence-corrected chi connectivity index (χ1v) is 19.9. The Morgan fingerprint density at radius 1 is 0.224 bits per heavy atom. The number of hydrogen-bond acceptors (Lipinski definition) is 2. The summed E-state index contributed by atoms with van der Waals surface area (Å²) in [5, 5.41) is 16.4. The maximum absolute atomic E-state index is 6.60. The predicted octanol–water partition coefficient (Wildman–Crippen LogP) is 16.3. The third-order valence-electron chi connectivity index (χ3n) is 12.4. The highest BCUT2D eigenvalue weighted by Crippen LogP contribution is 2.47. The molecule has 11 aromatic carbocycles. The summed E-state index contributed by atoms with van der Waals surface area (Å²) in [5.41, 5.74) is 10.8. The molecule has 0 saturated carbocycles. The maximum Gasteiger partial charge on any atom is 0.143 e. The van der Waals surface area contributed by atoms with E-state index in [2.05, 4.69) is 194 Å². The minimum atomic E-state index is 0.894. The Bertz CT molecular complexity index is 3860. The lowest BCUT2D eigenvalue weighted by Crippen LogP contribution is -1.92. The summed E-state index contributed by atoms with van der Waals surface area (Å²) in [6.45, 7) is 0. The van der Waals surface area contributed by atoms with Gasteiger partial charge in [-0.05, 0) is 125 Å². The van der Waals surface area contributed by atoms with Crippen molar-refractivity contribution in [1.29, 1.82) is 0 Å². The molecule has 0 aliphatic rings. The number of rotatable bonds is 3. The van der Waals surface area contributed by atoms with E-state index in [1.54, 1.807) is 0 Å². The minimum absolute atomic E-state index is 0.894. The largest absolute Gasteiger partial charge is 0.455 e. The van der Waals surface area contributed by atoms with Crippen LogP contribution in [0.4, 0.5) is 0 Å². The molecular weight excluding hydrogens is 705 g/mol. The summed E-state index contributed by atoms with van der Waals surface area (Å²) in [6.07, 6.45) is 0. The zero-order chi connectivity index (χ0) is 37.9. The van der Waals surface area contributed by atoms with Crippen molar-refractivity contribution in [3.05, 3.63) is 194 Å². The standard InChI is InChI=1S/C56H32O2/c1-2-12-36-29-37(18-17-33(36)9-1)38-21-24-45-50(30-38)54(40-23-28-52-49(32-40)47-26-20-35-11-4-6-14-42(35)56(47)58-52)44-16-8-7-15-43(44)53(45)39-22-27-51-48(31-39)46-25-19-34-10-3-5-13-41(34)55(46)57-51/h1-32H. The van der Waals surface area contributed by atoms with Crippen LogP contribution in [0.3, 0.4) is 0 Å². The van der Waals surface area contributed by atoms with E-state index in [1.165, 1.54) is 65.3 Å². The molecular formula is C56H32O2. The Balaban J connectivity index is 1.11. The molecule has 0 fully saturated rings. The van der Waals surface area contributed by atoms with E-state index in [9.17, 15) is 0 Å². The smallest absolute Gasteiger partial charge is 0.143 e. The lowest BCUT2D eigenvalue weighted by molar-refractivity contribution is 0.672. The van der Waals surface area contributed by atoms with Crippen LogP contribution in [0.5, 0.6) is 0 Å². The number of fused-ring (bicyclic) bond motifs is 13. The van der Waals surface area contributed by atoms with E-state index < -0.39 is 0 Å². The summed E-state index contributed by atoms with van der Waals surface area (Å²) < 4.78 is 13.2. The second-order valence-corrected chi connectivity index (χ2v) is 15.6. The van der Waals surface area contributed by atoms with Crippen molar-refractivity contribution >= 4 is 97.7 Å². The fourth-order valence-electron chi connectivity index (χ4n) is 9.67. The van der Waals surface area contributed by atoms with Crippen molar-refractivity contribution in [2.45, 2.75) is 0 Å². The van der Waals surface area contributed by atoms with Gasteiger partial charge in [0.2, 0.25) is 0 Å². The van der Waals surface area contributed by atoms with Gasteiger partial charge in [-0.15, -0.1) is 0 Å². The van der Waals surface area contributed by atoms with Crippen molar-refractivity contribution in [2.75, 3.05) is 0 Å². The number of hydrogen-bond donors (Lipinski definition) is 0. The van der Waals surface area contributed by atoms with E-state index in [-0.39, 0.29) is 0 Å². The lowest BCUT2D eigenvalue weighted by Gasteiger charge is -2.19. The van der Waals surface area contributed by atoms with Gasteiger partial charge in [0, 0.05) is 32.3 Å². The van der Waals surface area contributed by atoms with Gasteiger partial charge in [0.05, 0.1) is 0 Å². The molecule has 0 aliphatic heterocycles. The summed E-state index contributed by atoms with van der Waals surface area (Å²) in [4.78, 5) is 0. The zero-order valence-corrected chi connectivity index (χ0v) is 31.3. The topological polar surface area (TPSA) is 26.3 Å². The average molecular weight is 737 g/mol. The molecule has 0 radical (unpaired) electrons. The Kier molecular flexibility index (Phi) is 6.47. The second-order valence-electron chi connectivity index (χ2n) is 15.6. The van der Waals surface area contributed by atoms with Crippen LogP contribution >= 0.6 is 0 Å².